The van der Waals surface area contributed by atoms with Crippen molar-refractivity contribution in [3.05, 3.63) is 59.7 Å². The monoisotopic (exact) mass is 356 g/mol. The summed E-state index contributed by atoms with van der Waals surface area (Å²) in [4.78, 5) is 23.8. The van der Waals surface area contributed by atoms with E-state index in [9.17, 15) is 9.59 Å². The third-order valence-corrected chi connectivity index (χ3v) is 3.49. The molecule has 0 spiro atoms. The zero-order valence-electron chi connectivity index (χ0n) is 14.7. The Balaban J connectivity index is 1.91. The van der Waals surface area contributed by atoms with Crippen molar-refractivity contribution in [2.45, 2.75) is 0 Å². The Labute approximate surface area is 151 Å². The third kappa shape index (κ3) is 5.01. The number of benzene rings is 2. The molecule has 0 aliphatic rings. The molecular formula is C19H20N2O5. The Morgan fingerprint density at radius 2 is 1.54 bits per heavy atom. The first kappa shape index (κ1) is 18.9. The van der Waals surface area contributed by atoms with Gasteiger partial charge in [-0.1, -0.05) is 6.07 Å². The van der Waals surface area contributed by atoms with Gasteiger partial charge in [-0.15, -0.1) is 0 Å². The van der Waals surface area contributed by atoms with Crippen LogP contribution in [0.2, 0.25) is 0 Å². The normalized spacial score (nSPS) is 10.3. The van der Waals surface area contributed by atoms with Crippen LogP contribution in [0.25, 0.3) is 6.08 Å². The minimum atomic E-state index is -0.471. The van der Waals surface area contributed by atoms with Gasteiger partial charge in [0, 0.05) is 11.6 Å². The van der Waals surface area contributed by atoms with Gasteiger partial charge in [0.05, 0.1) is 21.3 Å². The Bertz CT molecular complexity index is 800. The highest BCUT2D eigenvalue weighted by atomic mass is 16.5. The summed E-state index contributed by atoms with van der Waals surface area (Å²) in [6.07, 6.45) is 2.90. The lowest BCUT2D eigenvalue weighted by Gasteiger charge is -2.08. The number of hydrogen-bond acceptors (Lipinski definition) is 5. The van der Waals surface area contributed by atoms with Crippen molar-refractivity contribution in [2.75, 3.05) is 21.3 Å². The van der Waals surface area contributed by atoms with Crippen LogP contribution in [0.5, 0.6) is 17.2 Å². The van der Waals surface area contributed by atoms with E-state index in [1.807, 2.05) is 0 Å². The quantitative estimate of drug-likeness (QED) is 0.612. The van der Waals surface area contributed by atoms with Crippen LogP contribution in [-0.2, 0) is 4.79 Å². The zero-order valence-corrected chi connectivity index (χ0v) is 14.7. The summed E-state index contributed by atoms with van der Waals surface area (Å²) in [5.41, 5.74) is 5.80. The predicted octanol–water partition coefficient (Wildman–Crippen LogP) is 2.19. The van der Waals surface area contributed by atoms with Gasteiger partial charge in [0.15, 0.2) is 11.5 Å². The van der Waals surface area contributed by atoms with Crippen LogP contribution in [0.4, 0.5) is 0 Å². The third-order valence-electron chi connectivity index (χ3n) is 3.49. The van der Waals surface area contributed by atoms with E-state index in [0.717, 1.165) is 5.56 Å². The fourth-order valence-electron chi connectivity index (χ4n) is 2.10. The van der Waals surface area contributed by atoms with E-state index >= 15 is 0 Å². The first-order valence-corrected chi connectivity index (χ1v) is 7.72. The lowest BCUT2D eigenvalue weighted by atomic mass is 10.2. The molecule has 0 aromatic heterocycles. The van der Waals surface area contributed by atoms with Gasteiger partial charge in [0.1, 0.15) is 5.75 Å². The lowest BCUT2D eigenvalue weighted by molar-refractivity contribution is -0.117. The summed E-state index contributed by atoms with van der Waals surface area (Å²) in [5, 5.41) is 0. The van der Waals surface area contributed by atoms with Crippen LogP contribution in [0, 0.1) is 0 Å². The Morgan fingerprint density at radius 1 is 0.846 bits per heavy atom. The topological polar surface area (TPSA) is 85.9 Å². The van der Waals surface area contributed by atoms with Crippen molar-refractivity contribution < 1.29 is 23.8 Å². The molecule has 0 radical (unpaired) electrons. The minimum Gasteiger partial charge on any atom is -0.497 e. The van der Waals surface area contributed by atoms with E-state index in [2.05, 4.69) is 10.9 Å². The summed E-state index contributed by atoms with van der Waals surface area (Å²) in [6.45, 7) is 0. The van der Waals surface area contributed by atoms with Crippen molar-refractivity contribution in [2.24, 2.45) is 0 Å². The molecule has 0 heterocycles. The Hall–Kier alpha value is -3.48. The highest BCUT2D eigenvalue weighted by Gasteiger charge is 2.06. The maximum absolute atomic E-state index is 12.0. The second-order valence-corrected chi connectivity index (χ2v) is 5.12. The molecule has 0 saturated carbocycles. The van der Waals surface area contributed by atoms with Crippen molar-refractivity contribution in [1.29, 1.82) is 0 Å². The fraction of sp³-hybridized carbons (Fsp3) is 0.158. The van der Waals surface area contributed by atoms with Gasteiger partial charge in [0.2, 0.25) is 0 Å². The highest BCUT2D eigenvalue weighted by molar-refractivity contribution is 5.98. The largest absolute Gasteiger partial charge is 0.497 e. The van der Waals surface area contributed by atoms with E-state index in [0.29, 0.717) is 22.8 Å². The number of amides is 2. The first-order chi connectivity index (χ1) is 12.6. The zero-order chi connectivity index (χ0) is 18.9. The van der Waals surface area contributed by atoms with E-state index in [1.54, 1.807) is 62.8 Å². The highest BCUT2D eigenvalue weighted by Crippen LogP contribution is 2.27. The molecule has 0 fully saturated rings. The predicted molar refractivity (Wildman–Crippen MR) is 97.2 cm³/mol. The number of rotatable bonds is 6. The SMILES string of the molecule is COc1ccc(C(=O)NNC(=O)/C=C/c2ccc(OC)c(OC)c2)cc1. The van der Waals surface area contributed by atoms with Crippen molar-refractivity contribution in [3.8, 4) is 17.2 Å². The molecule has 0 saturated heterocycles. The Kier molecular flexibility index (Phi) is 6.61. The number of ether oxygens (including phenoxy) is 3. The van der Waals surface area contributed by atoms with Gasteiger partial charge in [-0.2, -0.15) is 0 Å². The number of nitrogens with one attached hydrogen (secondary N) is 2. The average molecular weight is 356 g/mol. The average Bonchev–Trinajstić information content (AvgIpc) is 2.70. The summed E-state index contributed by atoms with van der Waals surface area (Å²) < 4.78 is 15.4. The molecule has 0 unspecified atom stereocenters. The summed E-state index contributed by atoms with van der Waals surface area (Å²) in [5.74, 6) is 0.898. The maximum Gasteiger partial charge on any atom is 0.269 e. The number of carbonyl (C=O) groups is 2. The van der Waals surface area contributed by atoms with Crippen molar-refractivity contribution >= 4 is 17.9 Å². The van der Waals surface area contributed by atoms with Crippen LogP contribution < -0.4 is 25.1 Å². The van der Waals surface area contributed by atoms with E-state index in [-0.39, 0.29) is 0 Å². The molecule has 0 aliphatic carbocycles. The smallest absolute Gasteiger partial charge is 0.269 e. The van der Waals surface area contributed by atoms with E-state index < -0.39 is 11.8 Å². The number of methoxy groups -OCH3 is 3. The second kappa shape index (κ2) is 9.12. The van der Waals surface area contributed by atoms with Gasteiger partial charge < -0.3 is 14.2 Å². The van der Waals surface area contributed by atoms with Crippen molar-refractivity contribution in [1.82, 2.24) is 10.9 Å². The fourth-order valence-corrected chi connectivity index (χ4v) is 2.10. The maximum atomic E-state index is 12.0. The first-order valence-electron chi connectivity index (χ1n) is 7.72. The van der Waals surface area contributed by atoms with Gasteiger partial charge in [-0.25, -0.2) is 0 Å². The van der Waals surface area contributed by atoms with Gasteiger partial charge in [-0.05, 0) is 48.0 Å². The molecular weight excluding hydrogens is 336 g/mol. The number of hydrazine groups is 1. The molecule has 2 rings (SSSR count). The van der Waals surface area contributed by atoms with E-state index in [4.69, 9.17) is 14.2 Å². The van der Waals surface area contributed by atoms with Crippen LogP contribution in [0.3, 0.4) is 0 Å². The van der Waals surface area contributed by atoms with Crippen LogP contribution in [0.15, 0.2) is 48.5 Å². The standard InChI is InChI=1S/C19H20N2O5/c1-24-15-8-6-14(7-9-15)19(23)21-20-18(22)11-5-13-4-10-16(25-2)17(12-13)26-3/h4-12H,1-3H3,(H,20,22)(H,21,23)/b11-5+. The summed E-state index contributed by atoms with van der Waals surface area (Å²) >= 11 is 0. The molecule has 2 aromatic carbocycles. The second-order valence-electron chi connectivity index (χ2n) is 5.12. The molecule has 7 nitrogen and oxygen atoms in total. The molecule has 136 valence electrons. The Morgan fingerprint density at radius 3 is 2.15 bits per heavy atom. The van der Waals surface area contributed by atoms with Crippen LogP contribution in [0.1, 0.15) is 15.9 Å². The van der Waals surface area contributed by atoms with Crippen LogP contribution in [-0.4, -0.2) is 33.1 Å². The van der Waals surface area contributed by atoms with Gasteiger partial charge in [-0.3, -0.25) is 20.4 Å². The van der Waals surface area contributed by atoms with Crippen molar-refractivity contribution in [3.63, 3.8) is 0 Å². The molecule has 2 amide bonds. The molecule has 2 aromatic rings. The molecule has 0 aliphatic heterocycles. The summed E-state index contributed by atoms with van der Waals surface area (Å²) in [7, 11) is 4.62. The molecule has 2 N–H and O–H groups in total. The summed E-state index contributed by atoms with van der Waals surface area (Å²) in [6, 6.07) is 11.8. The number of carbonyl (C=O) groups excluding carboxylic acids is 2. The molecule has 0 bridgehead atoms. The lowest BCUT2D eigenvalue weighted by Crippen LogP contribution is -2.40. The van der Waals surface area contributed by atoms with E-state index in [1.165, 1.54) is 13.2 Å². The molecule has 26 heavy (non-hydrogen) atoms. The molecule has 7 heteroatoms. The van der Waals surface area contributed by atoms with Crippen LogP contribution >= 0.6 is 0 Å². The number of hydrogen-bond donors (Lipinski definition) is 2. The van der Waals surface area contributed by atoms with Gasteiger partial charge >= 0.3 is 0 Å². The minimum absolute atomic E-state index is 0.398. The molecule has 0 atom stereocenters. The van der Waals surface area contributed by atoms with Gasteiger partial charge in [0.25, 0.3) is 11.8 Å².